The molecule has 0 aliphatic carbocycles. The summed E-state index contributed by atoms with van der Waals surface area (Å²) in [5, 5.41) is 0. The summed E-state index contributed by atoms with van der Waals surface area (Å²) in [6.07, 6.45) is 0. The van der Waals surface area contributed by atoms with E-state index in [1.54, 1.807) is 0 Å². The standard InChI is InChI=1S/C46H38BN3/c1-31-13-11-19-37(25-31)49-42-27-33(3)21-23-40(42)47-41-24-22-34(4)28-43(41)50(38-20-12-14-32(2)26-38)45-30-39(29-44(49)46(45)47)48(35-15-7-5-8-16-35)36-17-9-6-10-18-36/h5-30H,1-4H3. The van der Waals surface area contributed by atoms with Crippen molar-refractivity contribution in [3.8, 4) is 0 Å². The molecule has 2 aliphatic heterocycles. The largest absolute Gasteiger partial charge is 0.311 e. The molecule has 7 aromatic carbocycles. The summed E-state index contributed by atoms with van der Waals surface area (Å²) in [6, 6.07) is 58.2. The molecule has 0 fully saturated rings. The molecular formula is C46H38BN3. The normalized spacial score (nSPS) is 12.7. The highest BCUT2D eigenvalue weighted by atomic mass is 15.2. The second-order valence-corrected chi connectivity index (χ2v) is 13.8. The second kappa shape index (κ2) is 11.9. The number of hydrogen-bond donors (Lipinski definition) is 0. The molecule has 0 aromatic heterocycles. The molecule has 0 amide bonds. The third kappa shape index (κ3) is 4.90. The summed E-state index contributed by atoms with van der Waals surface area (Å²) in [5.74, 6) is 0. The highest BCUT2D eigenvalue weighted by Crippen LogP contribution is 2.48. The minimum atomic E-state index is 0.0734. The number of nitrogens with zero attached hydrogens (tertiary/aromatic N) is 3. The van der Waals surface area contributed by atoms with Gasteiger partial charge in [0.25, 0.3) is 6.71 Å². The first-order valence-electron chi connectivity index (χ1n) is 17.5. The second-order valence-electron chi connectivity index (χ2n) is 13.8. The van der Waals surface area contributed by atoms with Crippen LogP contribution in [0.3, 0.4) is 0 Å². The van der Waals surface area contributed by atoms with Crippen molar-refractivity contribution < 1.29 is 0 Å². The lowest BCUT2D eigenvalue weighted by Crippen LogP contribution is -2.61. The van der Waals surface area contributed by atoms with Crippen LogP contribution in [0.4, 0.5) is 51.2 Å². The van der Waals surface area contributed by atoms with E-state index in [9.17, 15) is 0 Å². The SMILES string of the molecule is Cc1cccc(N2c3cc(C)ccc3B3c4ccc(C)cc4N(c4cccc(C)c4)c4cc(N(c5ccccc5)c5ccccc5)cc2c43)c1. The Labute approximate surface area is 295 Å². The van der Waals surface area contributed by atoms with Crippen molar-refractivity contribution >= 4 is 74.3 Å². The Morgan fingerprint density at radius 2 is 0.820 bits per heavy atom. The van der Waals surface area contributed by atoms with Gasteiger partial charge in [0, 0.05) is 45.5 Å². The Kier molecular flexibility index (Phi) is 7.13. The van der Waals surface area contributed by atoms with Gasteiger partial charge in [0.15, 0.2) is 0 Å². The molecule has 0 saturated heterocycles. The molecular weight excluding hydrogens is 605 g/mol. The monoisotopic (exact) mass is 643 g/mol. The van der Waals surface area contributed by atoms with Gasteiger partial charge in [-0.15, -0.1) is 0 Å². The van der Waals surface area contributed by atoms with Crippen LogP contribution in [0.1, 0.15) is 22.3 Å². The van der Waals surface area contributed by atoms with E-state index in [1.165, 1.54) is 61.4 Å². The van der Waals surface area contributed by atoms with Crippen LogP contribution in [0, 0.1) is 27.7 Å². The summed E-state index contributed by atoms with van der Waals surface area (Å²) >= 11 is 0. The number of hydrogen-bond acceptors (Lipinski definition) is 3. The number of rotatable bonds is 5. The molecule has 2 heterocycles. The van der Waals surface area contributed by atoms with Crippen molar-refractivity contribution in [3.63, 3.8) is 0 Å². The van der Waals surface area contributed by atoms with E-state index in [0.29, 0.717) is 0 Å². The molecule has 0 bridgehead atoms. The van der Waals surface area contributed by atoms with Crippen LogP contribution in [0.5, 0.6) is 0 Å². The van der Waals surface area contributed by atoms with Gasteiger partial charge in [-0.25, -0.2) is 0 Å². The lowest BCUT2D eigenvalue weighted by atomic mass is 9.33. The Hall–Kier alpha value is -6.00. The van der Waals surface area contributed by atoms with E-state index in [0.717, 1.165) is 28.4 Å². The Bertz CT molecular complexity index is 2240. The van der Waals surface area contributed by atoms with E-state index in [4.69, 9.17) is 0 Å². The molecule has 7 aromatic rings. The average molecular weight is 644 g/mol. The Morgan fingerprint density at radius 1 is 0.380 bits per heavy atom. The van der Waals surface area contributed by atoms with Gasteiger partial charge in [-0.1, -0.05) is 84.9 Å². The van der Waals surface area contributed by atoms with Crippen molar-refractivity contribution in [1.82, 2.24) is 0 Å². The van der Waals surface area contributed by atoms with Crippen LogP contribution in [-0.2, 0) is 0 Å². The Balaban J connectivity index is 1.43. The predicted octanol–water partition coefficient (Wildman–Crippen LogP) is 10.5. The zero-order valence-electron chi connectivity index (χ0n) is 28.9. The van der Waals surface area contributed by atoms with Gasteiger partial charge in [0.05, 0.1) is 5.69 Å². The van der Waals surface area contributed by atoms with Crippen LogP contribution in [0.25, 0.3) is 0 Å². The highest BCUT2D eigenvalue weighted by Gasteiger charge is 2.44. The summed E-state index contributed by atoms with van der Waals surface area (Å²) in [6.45, 7) is 8.85. The lowest BCUT2D eigenvalue weighted by molar-refractivity contribution is 1.21. The van der Waals surface area contributed by atoms with Crippen LogP contribution < -0.4 is 31.1 Å². The van der Waals surface area contributed by atoms with Crippen molar-refractivity contribution in [1.29, 1.82) is 0 Å². The van der Waals surface area contributed by atoms with Gasteiger partial charge in [0.2, 0.25) is 0 Å². The first-order chi connectivity index (χ1) is 24.4. The van der Waals surface area contributed by atoms with E-state index in [1.807, 2.05) is 0 Å². The smallest absolute Gasteiger partial charge is 0.252 e. The highest BCUT2D eigenvalue weighted by molar-refractivity contribution is 7.00. The van der Waals surface area contributed by atoms with Gasteiger partial charge >= 0.3 is 0 Å². The van der Waals surface area contributed by atoms with Crippen LogP contribution in [-0.4, -0.2) is 6.71 Å². The summed E-state index contributed by atoms with van der Waals surface area (Å²) < 4.78 is 0. The zero-order valence-corrected chi connectivity index (χ0v) is 28.9. The molecule has 0 unspecified atom stereocenters. The molecule has 240 valence electrons. The number of para-hydroxylation sites is 2. The summed E-state index contributed by atoms with van der Waals surface area (Å²) in [4.78, 5) is 7.41. The number of benzene rings is 7. The van der Waals surface area contributed by atoms with Crippen molar-refractivity contribution in [2.24, 2.45) is 0 Å². The van der Waals surface area contributed by atoms with E-state index < -0.39 is 0 Å². The quantitative estimate of drug-likeness (QED) is 0.173. The fourth-order valence-electron chi connectivity index (χ4n) is 8.02. The molecule has 3 nitrogen and oxygen atoms in total. The summed E-state index contributed by atoms with van der Waals surface area (Å²) in [7, 11) is 0. The van der Waals surface area contributed by atoms with Gasteiger partial charge in [-0.2, -0.15) is 0 Å². The molecule has 50 heavy (non-hydrogen) atoms. The third-order valence-corrected chi connectivity index (χ3v) is 10.2. The van der Waals surface area contributed by atoms with Crippen LogP contribution in [0.2, 0.25) is 0 Å². The molecule has 0 N–H and O–H groups in total. The van der Waals surface area contributed by atoms with Crippen molar-refractivity contribution in [3.05, 3.63) is 180 Å². The first-order valence-corrected chi connectivity index (χ1v) is 17.5. The molecule has 0 atom stereocenters. The van der Waals surface area contributed by atoms with E-state index >= 15 is 0 Å². The van der Waals surface area contributed by atoms with E-state index in [-0.39, 0.29) is 6.71 Å². The zero-order chi connectivity index (χ0) is 33.9. The maximum absolute atomic E-state index is 2.51. The molecule has 0 saturated carbocycles. The van der Waals surface area contributed by atoms with Gasteiger partial charge < -0.3 is 14.7 Å². The van der Waals surface area contributed by atoms with Gasteiger partial charge in [-0.3, -0.25) is 0 Å². The molecule has 9 rings (SSSR count). The van der Waals surface area contributed by atoms with Crippen LogP contribution in [0.15, 0.2) is 158 Å². The molecule has 0 spiro atoms. The maximum Gasteiger partial charge on any atom is 0.252 e. The van der Waals surface area contributed by atoms with Crippen molar-refractivity contribution in [2.75, 3.05) is 14.7 Å². The topological polar surface area (TPSA) is 9.72 Å². The first kappa shape index (κ1) is 30.1. The van der Waals surface area contributed by atoms with Crippen molar-refractivity contribution in [2.45, 2.75) is 27.7 Å². The molecule has 2 aliphatic rings. The van der Waals surface area contributed by atoms with Crippen LogP contribution >= 0.6 is 0 Å². The third-order valence-electron chi connectivity index (χ3n) is 10.2. The average Bonchev–Trinajstić information content (AvgIpc) is 3.12. The molecule has 0 radical (unpaired) electrons. The van der Waals surface area contributed by atoms with Gasteiger partial charge in [-0.05, 0) is 139 Å². The fraction of sp³-hybridized carbons (Fsp3) is 0.0870. The number of aryl methyl sites for hydroxylation is 4. The predicted molar refractivity (Wildman–Crippen MR) is 214 cm³/mol. The molecule has 4 heteroatoms. The lowest BCUT2D eigenvalue weighted by Gasteiger charge is -2.45. The van der Waals surface area contributed by atoms with E-state index in [2.05, 4.69) is 200 Å². The van der Waals surface area contributed by atoms with Gasteiger partial charge in [0.1, 0.15) is 0 Å². The minimum absolute atomic E-state index is 0.0734. The maximum atomic E-state index is 2.51. The fourth-order valence-corrected chi connectivity index (χ4v) is 8.02. The minimum Gasteiger partial charge on any atom is -0.311 e. The Morgan fingerprint density at radius 3 is 1.26 bits per heavy atom. The number of fused-ring (bicyclic) bond motifs is 4. The number of anilines is 9. The summed E-state index contributed by atoms with van der Waals surface area (Å²) in [5.41, 5.74) is 19.5.